The number of benzene rings is 1. The summed E-state index contributed by atoms with van der Waals surface area (Å²) in [5.41, 5.74) is 2.99. The van der Waals surface area contributed by atoms with Gasteiger partial charge < -0.3 is 9.47 Å². The molecule has 1 aromatic carbocycles. The second-order valence-electron chi connectivity index (χ2n) is 6.97. The Morgan fingerprint density at radius 1 is 1.29 bits per heavy atom. The fourth-order valence-corrected chi connectivity index (χ4v) is 3.75. The highest BCUT2D eigenvalue weighted by Crippen LogP contribution is 2.35. The molecule has 0 bridgehead atoms. The largest absolute Gasteiger partial charge is 0.336 e. The van der Waals surface area contributed by atoms with Crippen molar-refractivity contribution in [3.8, 4) is 5.69 Å². The van der Waals surface area contributed by atoms with Crippen molar-refractivity contribution in [2.75, 3.05) is 6.54 Å². The van der Waals surface area contributed by atoms with Crippen LogP contribution in [0.2, 0.25) is 0 Å². The Labute approximate surface area is 141 Å². The van der Waals surface area contributed by atoms with Gasteiger partial charge in [0, 0.05) is 30.3 Å². The molecule has 1 amide bonds. The molecular formula is C19H22FN3O. The van der Waals surface area contributed by atoms with Crippen molar-refractivity contribution in [1.29, 1.82) is 0 Å². The molecule has 0 saturated heterocycles. The number of imidazole rings is 1. The van der Waals surface area contributed by atoms with Crippen LogP contribution in [0.4, 0.5) is 4.39 Å². The average Bonchev–Trinajstić information content (AvgIpc) is 2.96. The maximum Gasteiger partial charge on any atom is 0.226 e. The van der Waals surface area contributed by atoms with Gasteiger partial charge in [0.2, 0.25) is 5.91 Å². The van der Waals surface area contributed by atoms with Gasteiger partial charge in [0.1, 0.15) is 5.82 Å². The molecule has 1 aliphatic carbocycles. The first-order chi connectivity index (χ1) is 11.6. The van der Waals surface area contributed by atoms with Gasteiger partial charge in [-0.3, -0.25) is 4.79 Å². The molecule has 0 N–H and O–H groups in total. The third kappa shape index (κ3) is 2.62. The Morgan fingerprint density at radius 3 is 2.71 bits per heavy atom. The van der Waals surface area contributed by atoms with Gasteiger partial charge in [0.15, 0.2) is 0 Å². The molecule has 1 saturated carbocycles. The molecule has 1 fully saturated rings. The smallest absolute Gasteiger partial charge is 0.226 e. The summed E-state index contributed by atoms with van der Waals surface area (Å²) in [6.07, 6.45) is 6.20. The molecule has 126 valence electrons. The van der Waals surface area contributed by atoms with E-state index in [9.17, 15) is 9.18 Å². The first-order valence-corrected chi connectivity index (χ1v) is 8.73. The SMILES string of the molecule is CC(C(=O)N1CCc2c(ncn2-c2ccc(F)cc2)C1)C1CCC1. The lowest BCUT2D eigenvalue weighted by molar-refractivity contribution is -0.138. The highest BCUT2D eigenvalue weighted by atomic mass is 19.1. The van der Waals surface area contributed by atoms with E-state index in [1.54, 1.807) is 18.5 Å². The molecule has 0 spiro atoms. The van der Waals surface area contributed by atoms with Gasteiger partial charge in [-0.2, -0.15) is 0 Å². The highest BCUT2D eigenvalue weighted by Gasteiger charge is 2.33. The molecule has 1 aromatic heterocycles. The van der Waals surface area contributed by atoms with Crippen LogP contribution >= 0.6 is 0 Å². The van der Waals surface area contributed by atoms with Crippen molar-refractivity contribution >= 4 is 5.91 Å². The van der Waals surface area contributed by atoms with Crippen molar-refractivity contribution in [1.82, 2.24) is 14.5 Å². The first-order valence-electron chi connectivity index (χ1n) is 8.73. The monoisotopic (exact) mass is 327 g/mol. The van der Waals surface area contributed by atoms with E-state index in [0.717, 1.165) is 30.0 Å². The zero-order valence-corrected chi connectivity index (χ0v) is 13.9. The summed E-state index contributed by atoms with van der Waals surface area (Å²) in [4.78, 5) is 19.2. The molecular weight excluding hydrogens is 305 g/mol. The number of carbonyl (C=O) groups excluding carboxylic acids is 1. The number of nitrogens with zero attached hydrogens (tertiary/aromatic N) is 3. The molecule has 2 heterocycles. The Hall–Kier alpha value is -2.17. The number of rotatable bonds is 3. The van der Waals surface area contributed by atoms with Crippen molar-refractivity contribution in [2.45, 2.75) is 39.2 Å². The molecule has 4 nitrogen and oxygen atoms in total. The summed E-state index contributed by atoms with van der Waals surface area (Å²) in [6, 6.07) is 6.43. The van der Waals surface area contributed by atoms with Crippen LogP contribution in [0.1, 0.15) is 37.6 Å². The third-order valence-electron chi connectivity index (χ3n) is 5.58. The van der Waals surface area contributed by atoms with Gasteiger partial charge in [0.05, 0.1) is 18.6 Å². The van der Waals surface area contributed by atoms with Gasteiger partial charge in [-0.1, -0.05) is 13.3 Å². The van der Waals surface area contributed by atoms with Crippen LogP contribution in [0.3, 0.4) is 0 Å². The molecule has 1 aliphatic heterocycles. The van der Waals surface area contributed by atoms with Gasteiger partial charge in [-0.25, -0.2) is 9.37 Å². The molecule has 2 aromatic rings. The number of halogens is 1. The molecule has 0 radical (unpaired) electrons. The average molecular weight is 327 g/mol. The van der Waals surface area contributed by atoms with Crippen LogP contribution in [0.25, 0.3) is 5.69 Å². The van der Waals surface area contributed by atoms with E-state index in [2.05, 4.69) is 11.9 Å². The summed E-state index contributed by atoms with van der Waals surface area (Å²) < 4.78 is 15.1. The molecule has 5 heteroatoms. The van der Waals surface area contributed by atoms with Crippen LogP contribution in [-0.4, -0.2) is 26.9 Å². The fourth-order valence-electron chi connectivity index (χ4n) is 3.75. The number of fused-ring (bicyclic) bond motifs is 1. The van der Waals surface area contributed by atoms with E-state index in [4.69, 9.17) is 0 Å². The number of hydrogen-bond acceptors (Lipinski definition) is 2. The highest BCUT2D eigenvalue weighted by molar-refractivity contribution is 5.79. The van der Waals surface area contributed by atoms with Crippen molar-refractivity contribution in [3.05, 3.63) is 47.8 Å². The van der Waals surface area contributed by atoms with Crippen LogP contribution in [-0.2, 0) is 17.8 Å². The quantitative estimate of drug-likeness (QED) is 0.867. The molecule has 24 heavy (non-hydrogen) atoms. The molecule has 1 unspecified atom stereocenters. The van der Waals surface area contributed by atoms with E-state index in [1.165, 1.54) is 31.4 Å². The lowest BCUT2D eigenvalue weighted by Gasteiger charge is -2.35. The minimum Gasteiger partial charge on any atom is -0.336 e. The van der Waals surface area contributed by atoms with E-state index in [-0.39, 0.29) is 17.6 Å². The number of aromatic nitrogens is 2. The van der Waals surface area contributed by atoms with Crippen molar-refractivity contribution in [2.24, 2.45) is 11.8 Å². The fraction of sp³-hybridized carbons (Fsp3) is 0.474. The van der Waals surface area contributed by atoms with Gasteiger partial charge in [-0.15, -0.1) is 0 Å². The number of amides is 1. The summed E-state index contributed by atoms with van der Waals surface area (Å²) in [5.74, 6) is 0.714. The van der Waals surface area contributed by atoms with Gasteiger partial charge in [0.25, 0.3) is 0 Å². The second kappa shape index (κ2) is 6.04. The Bertz CT molecular complexity index is 748. The lowest BCUT2D eigenvalue weighted by Crippen LogP contribution is -2.42. The zero-order valence-electron chi connectivity index (χ0n) is 13.9. The van der Waals surface area contributed by atoms with Crippen LogP contribution in [0.5, 0.6) is 0 Å². The number of hydrogen-bond donors (Lipinski definition) is 0. The predicted molar refractivity (Wildman–Crippen MR) is 89.1 cm³/mol. The molecule has 2 aliphatic rings. The maximum atomic E-state index is 13.1. The van der Waals surface area contributed by atoms with E-state index >= 15 is 0 Å². The van der Waals surface area contributed by atoms with E-state index < -0.39 is 0 Å². The Balaban J connectivity index is 1.52. The minimum atomic E-state index is -0.241. The van der Waals surface area contributed by atoms with Crippen LogP contribution in [0.15, 0.2) is 30.6 Å². The van der Waals surface area contributed by atoms with E-state index in [0.29, 0.717) is 12.5 Å². The summed E-state index contributed by atoms with van der Waals surface area (Å²) in [6.45, 7) is 3.38. The lowest BCUT2D eigenvalue weighted by atomic mass is 9.76. The van der Waals surface area contributed by atoms with Gasteiger partial charge in [-0.05, 0) is 43.0 Å². The molecule has 4 rings (SSSR count). The van der Waals surface area contributed by atoms with Crippen molar-refractivity contribution < 1.29 is 9.18 Å². The number of carbonyl (C=O) groups is 1. The second-order valence-corrected chi connectivity index (χ2v) is 6.97. The molecule has 1 atom stereocenters. The standard InChI is InChI=1S/C19H22FN3O/c1-13(14-3-2-4-14)19(24)22-10-9-18-17(11-22)21-12-23(18)16-7-5-15(20)6-8-16/h5-8,12-14H,2-4,9-11H2,1H3. The minimum absolute atomic E-state index is 0.125. The van der Waals surface area contributed by atoms with Gasteiger partial charge >= 0.3 is 0 Å². The van der Waals surface area contributed by atoms with Crippen LogP contribution in [0, 0.1) is 17.7 Å². The van der Waals surface area contributed by atoms with Crippen LogP contribution < -0.4 is 0 Å². The Morgan fingerprint density at radius 2 is 2.04 bits per heavy atom. The normalized spacial score (nSPS) is 18.8. The maximum absolute atomic E-state index is 13.1. The Kier molecular flexibility index (Phi) is 3.87. The summed E-state index contributed by atoms with van der Waals surface area (Å²) in [5, 5.41) is 0. The topological polar surface area (TPSA) is 38.1 Å². The third-order valence-corrected chi connectivity index (χ3v) is 5.58. The summed E-state index contributed by atoms with van der Waals surface area (Å²) in [7, 11) is 0. The zero-order chi connectivity index (χ0) is 16.7. The predicted octanol–water partition coefficient (Wildman–Crippen LogP) is 3.33. The van der Waals surface area contributed by atoms with E-state index in [1.807, 2.05) is 9.47 Å². The first kappa shape index (κ1) is 15.4. The summed E-state index contributed by atoms with van der Waals surface area (Å²) >= 11 is 0. The van der Waals surface area contributed by atoms with Crippen molar-refractivity contribution in [3.63, 3.8) is 0 Å².